The van der Waals surface area contributed by atoms with E-state index in [4.69, 9.17) is 18.9 Å². The zero-order chi connectivity index (χ0) is 22.6. The highest BCUT2D eigenvalue weighted by Crippen LogP contribution is 2.15. The summed E-state index contributed by atoms with van der Waals surface area (Å²) in [5.74, 6) is -1.64. The molecule has 10 heteroatoms. The lowest BCUT2D eigenvalue weighted by molar-refractivity contribution is -0.161. The molecule has 0 aliphatic rings. The molecule has 0 fully saturated rings. The van der Waals surface area contributed by atoms with E-state index in [0.717, 1.165) is 5.56 Å². The molecule has 2 aromatic rings. The van der Waals surface area contributed by atoms with Gasteiger partial charge in [-0.25, -0.2) is 9.59 Å². The Morgan fingerprint density at radius 1 is 0.871 bits per heavy atom. The second kappa shape index (κ2) is 12.0. The lowest BCUT2D eigenvalue weighted by Crippen LogP contribution is -2.41. The molecule has 0 amide bonds. The van der Waals surface area contributed by atoms with E-state index in [0.29, 0.717) is 5.75 Å². The van der Waals surface area contributed by atoms with Crippen molar-refractivity contribution in [3.05, 3.63) is 54.1 Å². The van der Waals surface area contributed by atoms with Crippen LogP contribution in [0.15, 0.2) is 48.5 Å². The quantitative estimate of drug-likeness (QED) is 0.266. The van der Waals surface area contributed by atoms with Crippen LogP contribution in [0.3, 0.4) is 0 Å². The predicted molar refractivity (Wildman–Crippen MR) is 106 cm³/mol. The van der Waals surface area contributed by atoms with Gasteiger partial charge in [0.2, 0.25) is 0 Å². The Morgan fingerprint density at radius 2 is 1.45 bits per heavy atom. The standard InChI is InChI=1S/C21H23NO9/c1-28-21(27)18(10-14-2-4-15(23)5-3-14)22-13-31-20(26)12-30-19(25)11-29-17-8-6-16(24)7-9-17/h2-9,18,22-24H,10-13H2,1H3. The van der Waals surface area contributed by atoms with Gasteiger partial charge >= 0.3 is 17.9 Å². The van der Waals surface area contributed by atoms with Crippen molar-refractivity contribution in [3.63, 3.8) is 0 Å². The Morgan fingerprint density at radius 3 is 2.06 bits per heavy atom. The average molecular weight is 433 g/mol. The van der Waals surface area contributed by atoms with E-state index < -0.39 is 37.2 Å². The molecule has 0 saturated heterocycles. The van der Waals surface area contributed by atoms with Gasteiger partial charge in [-0.2, -0.15) is 0 Å². The van der Waals surface area contributed by atoms with Crippen LogP contribution in [0.1, 0.15) is 5.56 Å². The molecule has 0 heterocycles. The lowest BCUT2D eigenvalue weighted by Gasteiger charge is -2.16. The second-order valence-electron chi connectivity index (χ2n) is 6.25. The molecule has 10 nitrogen and oxygen atoms in total. The van der Waals surface area contributed by atoms with Gasteiger partial charge in [-0.05, 0) is 48.4 Å². The number of phenolic OH excluding ortho intramolecular Hbond substituents is 2. The lowest BCUT2D eigenvalue weighted by atomic mass is 10.1. The number of methoxy groups -OCH3 is 1. The molecule has 3 N–H and O–H groups in total. The SMILES string of the molecule is COC(=O)C(Cc1ccc(O)cc1)NCOC(=O)COC(=O)COc1ccc(O)cc1. The number of hydrogen-bond donors (Lipinski definition) is 3. The number of aromatic hydroxyl groups is 2. The number of carbonyl (C=O) groups is 3. The topological polar surface area (TPSA) is 141 Å². The number of esters is 3. The van der Waals surface area contributed by atoms with Crippen molar-refractivity contribution in [2.75, 3.05) is 27.1 Å². The minimum absolute atomic E-state index is 0.0591. The maximum absolute atomic E-state index is 11.9. The molecule has 2 rings (SSSR count). The van der Waals surface area contributed by atoms with Crippen LogP contribution in [-0.4, -0.2) is 61.2 Å². The van der Waals surface area contributed by atoms with Gasteiger partial charge in [-0.3, -0.25) is 10.1 Å². The van der Waals surface area contributed by atoms with E-state index in [9.17, 15) is 24.6 Å². The van der Waals surface area contributed by atoms with Gasteiger partial charge in [-0.1, -0.05) is 12.1 Å². The van der Waals surface area contributed by atoms with E-state index in [1.807, 2.05) is 0 Å². The second-order valence-corrected chi connectivity index (χ2v) is 6.25. The first-order valence-electron chi connectivity index (χ1n) is 9.19. The molecule has 0 aliphatic carbocycles. The van der Waals surface area contributed by atoms with E-state index in [1.54, 1.807) is 12.1 Å². The van der Waals surface area contributed by atoms with Crippen molar-refractivity contribution in [2.24, 2.45) is 0 Å². The molecule has 0 bridgehead atoms. The van der Waals surface area contributed by atoms with Crippen LogP contribution in [0, 0.1) is 0 Å². The molecule has 0 aliphatic heterocycles. The Hall–Kier alpha value is -3.79. The van der Waals surface area contributed by atoms with Crippen LogP contribution in [0.2, 0.25) is 0 Å². The molecule has 0 saturated carbocycles. The molecular weight excluding hydrogens is 410 g/mol. The van der Waals surface area contributed by atoms with E-state index in [2.05, 4.69) is 5.32 Å². The van der Waals surface area contributed by atoms with Crippen LogP contribution >= 0.6 is 0 Å². The molecule has 0 spiro atoms. The fraction of sp³-hybridized carbons (Fsp3) is 0.286. The summed E-state index contributed by atoms with van der Waals surface area (Å²) in [6, 6.07) is 11.2. The van der Waals surface area contributed by atoms with Crippen molar-refractivity contribution >= 4 is 17.9 Å². The minimum Gasteiger partial charge on any atom is -0.508 e. The van der Waals surface area contributed by atoms with E-state index >= 15 is 0 Å². The monoisotopic (exact) mass is 433 g/mol. The van der Waals surface area contributed by atoms with Gasteiger partial charge in [0.1, 0.15) is 30.0 Å². The third-order valence-corrected chi connectivity index (χ3v) is 3.97. The van der Waals surface area contributed by atoms with Crippen LogP contribution in [0.5, 0.6) is 17.2 Å². The number of phenols is 2. The summed E-state index contributed by atoms with van der Waals surface area (Å²) in [7, 11) is 1.24. The van der Waals surface area contributed by atoms with Gasteiger partial charge in [0.15, 0.2) is 13.2 Å². The Balaban J connectivity index is 1.69. The average Bonchev–Trinajstić information content (AvgIpc) is 2.77. The maximum atomic E-state index is 11.9. The number of hydrogen-bond acceptors (Lipinski definition) is 10. The summed E-state index contributed by atoms with van der Waals surface area (Å²) < 4.78 is 19.5. The molecule has 1 unspecified atom stereocenters. The maximum Gasteiger partial charge on any atom is 0.345 e. The normalized spacial score (nSPS) is 11.3. The minimum atomic E-state index is -0.821. The highest BCUT2D eigenvalue weighted by Gasteiger charge is 2.20. The third-order valence-electron chi connectivity index (χ3n) is 3.97. The fourth-order valence-electron chi connectivity index (χ4n) is 2.38. The fourth-order valence-corrected chi connectivity index (χ4v) is 2.38. The van der Waals surface area contributed by atoms with Crippen LogP contribution in [0.25, 0.3) is 0 Å². The zero-order valence-corrected chi connectivity index (χ0v) is 16.8. The third kappa shape index (κ3) is 8.62. The molecule has 166 valence electrons. The molecular formula is C21H23NO9. The highest BCUT2D eigenvalue weighted by molar-refractivity contribution is 5.77. The summed E-state index contributed by atoms with van der Waals surface area (Å²) in [4.78, 5) is 35.3. The van der Waals surface area contributed by atoms with Crippen molar-refractivity contribution in [2.45, 2.75) is 12.5 Å². The molecule has 0 aromatic heterocycles. The van der Waals surface area contributed by atoms with Gasteiger partial charge in [-0.15, -0.1) is 0 Å². The summed E-state index contributed by atoms with van der Waals surface area (Å²) >= 11 is 0. The first-order chi connectivity index (χ1) is 14.9. The number of ether oxygens (including phenoxy) is 4. The van der Waals surface area contributed by atoms with Crippen molar-refractivity contribution in [1.82, 2.24) is 5.32 Å². The van der Waals surface area contributed by atoms with Gasteiger partial charge in [0.25, 0.3) is 0 Å². The Kier molecular flexibility index (Phi) is 9.12. The largest absolute Gasteiger partial charge is 0.508 e. The van der Waals surface area contributed by atoms with Crippen LogP contribution in [-0.2, 0) is 35.0 Å². The summed E-state index contributed by atoms with van der Waals surface area (Å²) in [5, 5.41) is 21.2. The summed E-state index contributed by atoms with van der Waals surface area (Å²) in [6.07, 6.45) is 0.244. The van der Waals surface area contributed by atoms with Crippen molar-refractivity contribution in [1.29, 1.82) is 0 Å². The molecule has 31 heavy (non-hydrogen) atoms. The van der Waals surface area contributed by atoms with Gasteiger partial charge < -0.3 is 29.2 Å². The Labute approximate surface area is 178 Å². The van der Waals surface area contributed by atoms with E-state index in [1.165, 1.54) is 43.5 Å². The number of nitrogens with one attached hydrogen (secondary N) is 1. The van der Waals surface area contributed by atoms with Crippen molar-refractivity contribution < 1.29 is 43.5 Å². The summed E-state index contributed by atoms with van der Waals surface area (Å²) in [6.45, 7) is -1.36. The molecule has 2 aromatic carbocycles. The van der Waals surface area contributed by atoms with Crippen molar-refractivity contribution in [3.8, 4) is 17.2 Å². The summed E-state index contributed by atoms with van der Waals surface area (Å²) in [5.41, 5.74) is 0.759. The zero-order valence-electron chi connectivity index (χ0n) is 16.8. The highest BCUT2D eigenvalue weighted by atomic mass is 16.6. The molecule has 1 atom stereocenters. The number of benzene rings is 2. The van der Waals surface area contributed by atoms with Crippen LogP contribution < -0.4 is 10.1 Å². The van der Waals surface area contributed by atoms with Gasteiger partial charge in [0, 0.05) is 0 Å². The predicted octanol–water partition coefficient (Wildman–Crippen LogP) is 0.894. The Bertz CT molecular complexity index is 865. The number of carbonyl (C=O) groups excluding carboxylic acids is 3. The first kappa shape index (κ1) is 23.5. The van der Waals surface area contributed by atoms with E-state index in [-0.39, 0.29) is 24.7 Å². The first-order valence-corrected chi connectivity index (χ1v) is 9.19. The number of rotatable bonds is 11. The van der Waals surface area contributed by atoms with Gasteiger partial charge in [0.05, 0.1) is 7.11 Å². The molecule has 0 radical (unpaired) electrons. The smallest absolute Gasteiger partial charge is 0.345 e. The van der Waals surface area contributed by atoms with Crippen LogP contribution in [0.4, 0.5) is 0 Å².